The molecule has 1 aromatic carbocycles. The Labute approximate surface area is 146 Å². The molecule has 1 aliphatic heterocycles. The second-order valence-electron chi connectivity index (χ2n) is 6.13. The third-order valence-corrected chi connectivity index (χ3v) is 5.71. The third kappa shape index (κ3) is 3.94. The van der Waals surface area contributed by atoms with Crippen molar-refractivity contribution in [1.29, 1.82) is 0 Å². The molecule has 0 unspecified atom stereocenters. The van der Waals surface area contributed by atoms with Crippen molar-refractivity contribution in [3.63, 3.8) is 0 Å². The Bertz CT molecular complexity index is 636. The Morgan fingerprint density at radius 1 is 1.22 bits per heavy atom. The minimum Gasteiger partial charge on any atom is -0.343 e. The minimum atomic E-state index is -0.0330. The van der Waals surface area contributed by atoms with Crippen molar-refractivity contribution in [3.05, 3.63) is 57.2 Å². The molecule has 0 radical (unpaired) electrons. The van der Waals surface area contributed by atoms with E-state index in [4.69, 9.17) is 11.6 Å². The first-order valence-electron chi connectivity index (χ1n) is 8.09. The number of quaternary nitrogens is 1. The Kier molecular flexibility index (Phi) is 5.36. The van der Waals surface area contributed by atoms with Crippen molar-refractivity contribution in [3.8, 4) is 0 Å². The normalized spacial score (nSPS) is 17.8. The first-order valence-corrected chi connectivity index (χ1v) is 9.35. The fourth-order valence-electron chi connectivity index (χ4n) is 3.38. The molecule has 122 valence electrons. The van der Waals surface area contributed by atoms with Gasteiger partial charge in [0.1, 0.15) is 6.04 Å². The molecular formula is C18H22ClN2OS+. The van der Waals surface area contributed by atoms with Gasteiger partial charge in [0, 0.05) is 23.4 Å². The van der Waals surface area contributed by atoms with Crippen LogP contribution in [0.3, 0.4) is 0 Å². The number of hydrogen-bond acceptors (Lipinski definition) is 2. The van der Waals surface area contributed by atoms with E-state index in [2.05, 4.69) is 29.8 Å². The fourth-order valence-corrected chi connectivity index (χ4v) is 4.50. The minimum absolute atomic E-state index is 0.0330. The molecule has 23 heavy (non-hydrogen) atoms. The number of amides is 1. The molecule has 0 spiro atoms. The van der Waals surface area contributed by atoms with Gasteiger partial charge in [0.15, 0.2) is 0 Å². The summed E-state index contributed by atoms with van der Waals surface area (Å²) in [6, 6.07) is 11.7. The summed E-state index contributed by atoms with van der Waals surface area (Å²) in [4.78, 5) is 15.4. The summed E-state index contributed by atoms with van der Waals surface area (Å²) in [5, 5.41) is 5.95. The van der Waals surface area contributed by atoms with E-state index >= 15 is 0 Å². The van der Waals surface area contributed by atoms with E-state index in [-0.39, 0.29) is 11.9 Å². The van der Waals surface area contributed by atoms with E-state index in [0.29, 0.717) is 16.6 Å². The van der Waals surface area contributed by atoms with E-state index in [0.717, 1.165) is 0 Å². The van der Waals surface area contributed by atoms with Crippen molar-refractivity contribution in [2.24, 2.45) is 0 Å². The summed E-state index contributed by atoms with van der Waals surface area (Å²) < 4.78 is 0. The molecule has 1 fully saturated rings. The molecule has 2 aromatic rings. The number of carbonyl (C=O) groups excluding carboxylic acids is 1. The summed E-state index contributed by atoms with van der Waals surface area (Å²) in [6.07, 6.45) is 2.55. The molecule has 0 bridgehead atoms. The molecule has 0 aliphatic carbocycles. The highest BCUT2D eigenvalue weighted by atomic mass is 35.5. The zero-order valence-corrected chi connectivity index (χ0v) is 14.8. The third-order valence-electron chi connectivity index (χ3n) is 4.50. The lowest BCUT2D eigenvalue weighted by atomic mass is 10.1. The topological polar surface area (TPSA) is 33.5 Å². The predicted octanol–water partition coefficient (Wildman–Crippen LogP) is 2.94. The van der Waals surface area contributed by atoms with Crippen molar-refractivity contribution >= 4 is 28.8 Å². The van der Waals surface area contributed by atoms with Crippen LogP contribution in [0, 0.1) is 0 Å². The number of halogens is 1. The Morgan fingerprint density at radius 2 is 1.91 bits per heavy atom. The predicted molar refractivity (Wildman–Crippen MR) is 95.4 cm³/mol. The first kappa shape index (κ1) is 16.5. The first-order chi connectivity index (χ1) is 11.1. The van der Waals surface area contributed by atoms with Gasteiger partial charge in [0.25, 0.3) is 5.91 Å². The van der Waals surface area contributed by atoms with Gasteiger partial charge in [-0.2, -0.15) is 0 Å². The highest BCUT2D eigenvalue weighted by Gasteiger charge is 2.33. The van der Waals surface area contributed by atoms with Gasteiger partial charge in [-0.1, -0.05) is 17.7 Å². The van der Waals surface area contributed by atoms with Crippen LogP contribution in [0.25, 0.3) is 0 Å². The van der Waals surface area contributed by atoms with E-state index in [1.807, 2.05) is 0 Å². The van der Waals surface area contributed by atoms with Gasteiger partial charge < -0.3 is 10.2 Å². The number of benzene rings is 1. The largest absolute Gasteiger partial charge is 0.343 e. The Morgan fingerprint density at radius 3 is 2.52 bits per heavy atom. The number of likely N-dealkylation sites (tertiary alicyclic amines) is 1. The summed E-state index contributed by atoms with van der Waals surface area (Å²) in [5.74, 6) is -0.0330. The van der Waals surface area contributed by atoms with Gasteiger partial charge in [-0.15, -0.1) is 11.3 Å². The van der Waals surface area contributed by atoms with Crippen LogP contribution in [-0.2, 0) is 0 Å². The fraction of sp³-hybridized carbons (Fsp3) is 0.389. The zero-order chi connectivity index (χ0) is 16.2. The lowest BCUT2D eigenvalue weighted by Crippen LogP contribution is -3.11. The second kappa shape index (κ2) is 7.47. The van der Waals surface area contributed by atoms with Gasteiger partial charge in [-0.25, -0.2) is 0 Å². The Hall–Kier alpha value is -1.36. The monoisotopic (exact) mass is 349 g/mol. The van der Waals surface area contributed by atoms with Crippen molar-refractivity contribution in [2.75, 3.05) is 13.1 Å². The van der Waals surface area contributed by atoms with E-state index in [1.165, 1.54) is 30.8 Å². The number of rotatable bonds is 5. The van der Waals surface area contributed by atoms with Crippen LogP contribution in [0.1, 0.15) is 41.0 Å². The average molecular weight is 350 g/mol. The summed E-state index contributed by atoms with van der Waals surface area (Å²) in [7, 11) is 0. The van der Waals surface area contributed by atoms with Crippen molar-refractivity contribution < 1.29 is 9.69 Å². The van der Waals surface area contributed by atoms with Gasteiger partial charge in [0.05, 0.1) is 24.0 Å². The van der Waals surface area contributed by atoms with Gasteiger partial charge >= 0.3 is 0 Å². The average Bonchev–Trinajstić information content (AvgIpc) is 3.22. The molecule has 5 heteroatoms. The maximum Gasteiger partial charge on any atom is 0.251 e. The number of hydrogen-bond donors (Lipinski definition) is 2. The van der Waals surface area contributed by atoms with Crippen LogP contribution in [-0.4, -0.2) is 25.0 Å². The molecule has 0 saturated carbocycles. The van der Waals surface area contributed by atoms with E-state index in [1.54, 1.807) is 40.5 Å². The van der Waals surface area contributed by atoms with Crippen molar-refractivity contribution in [2.45, 2.75) is 31.8 Å². The van der Waals surface area contributed by atoms with Crippen LogP contribution in [0.5, 0.6) is 0 Å². The molecule has 1 saturated heterocycles. The van der Waals surface area contributed by atoms with Crippen LogP contribution in [0.15, 0.2) is 41.8 Å². The van der Waals surface area contributed by atoms with E-state index in [9.17, 15) is 4.79 Å². The molecule has 2 N–H and O–H groups in total. The quantitative estimate of drug-likeness (QED) is 0.855. The smallest absolute Gasteiger partial charge is 0.251 e. The summed E-state index contributed by atoms with van der Waals surface area (Å²) in [6.45, 7) is 4.48. The molecule has 3 nitrogen and oxygen atoms in total. The molecule has 2 heterocycles. The summed E-state index contributed by atoms with van der Waals surface area (Å²) in [5.41, 5.74) is 0.655. The molecule has 2 atom stereocenters. The zero-order valence-electron chi connectivity index (χ0n) is 13.2. The Balaban J connectivity index is 1.74. The van der Waals surface area contributed by atoms with E-state index < -0.39 is 0 Å². The maximum absolute atomic E-state index is 12.5. The highest BCUT2D eigenvalue weighted by molar-refractivity contribution is 7.10. The van der Waals surface area contributed by atoms with Gasteiger partial charge in [-0.05, 0) is 42.6 Å². The number of thiophene rings is 1. The second-order valence-corrected chi connectivity index (χ2v) is 7.54. The lowest BCUT2D eigenvalue weighted by molar-refractivity contribution is -0.920. The van der Waals surface area contributed by atoms with Gasteiger partial charge in [0.2, 0.25) is 0 Å². The van der Waals surface area contributed by atoms with Gasteiger partial charge in [-0.3, -0.25) is 4.79 Å². The molecule has 1 aromatic heterocycles. The van der Waals surface area contributed by atoms with Crippen LogP contribution >= 0.6 is 22.9 Å². The SMILES string of the molecule is C[C@H](NC(=O)c1ccc(Cl)cc1)[C@H](c1cccs1)[NH+]1CCCC1. The summed E-state index contributed by atoms with van der Waals surface area (Å²) >= 11 is 7.67. The number of nitrogens with one attached hydrogen (secondary N) is 2. The molecule has 1 aliphatic rings. The van der Waals surface area contributed by atoms with Crippen LogP contribution in [0.4, 0.5) is 0 Å². The molecule has 1 amide bonds. The number of carbonyl (C=O) groups is 1. The lowest BCUT2D eigenvalue weighted by Gasteiger charge is -2.29. The van der Waals surface area contributed by atoms with Crippen LogP contribution < -0.4 is 10.2 Å². The standard InChI is InChI=1S/C18H21ClN2OS/c1-13(20-18(22)14-6-8-15(19)9-7-14)17(16-5-4-12-23-16)21-10-2-3-11-21/h4-9,12-13,17H,2-3,10-11H2,1H3,(H,20,22)/p+1/t13-,17+/m0/s1. The molecular weight excluding hydrogens is 328 g/mol. The maximum atomic E-state index is 12.5. The highest BCUT2D eigenvalue weighted by Crippen LogP contribution is 2.21. The van der Waals surface area contributed by atoms with Crippen molar-refractivity contribution in [1.82, 2.24) is 5.32 Å². The molecule has 3 rings (SSSR count). The van der Waals surface area contributed by atoms with Crippen LogP contribution in [0.2, 0.25) is 5.02 Å².